The third-order valence-corrected chi connectivity index (χ3v) is 8.07. The van der Waals surface area contributed by atoms with Crippen LogP contribution in [0.5, 0.6) is 0 Å². The molecule has 0 fully saturated rings. The molecular weight excluding hydrogens is 705 g/mol. The van der Waals surface area contributed by atoms with Crippen molar-refractivity contribution in [1.29, 1.82) is 0 Å². The Morgan fingerprint density at radius 2 is 1.35 bits per heavy atom. The molecule has 209 valence electrons. The third-order valence-electron chi connectivity index (χ3n) is 8.07. The molecule has 0 atom stereocenters. The normalized spacial score (nSPS) is 11.3. The summed E-state index contributed by atoms with van der Waals surface area (Å²) in [6.07, 6.45) is 1.87. The van der Waals surface area contributed by atoms with E-state index in [1.54, 1.807) is 0 Å². The Morgan fingerprint density at radius 1 is 0.628 bits per heavy atom. The monoisotopic (exact) mass is 731 g/mol. The fraction of sp³-hybridized carbons (Fsp3) is 0.0526. The second-order valence-electron chi connectivity index (χ2n) is 10.6. The van der Waals surface area contributed by atoms with E-state index < -0.39 is 0 Å². The van der Waals surface area contributed by atoms with Crippen LogP contribution < -0.4 is 0 Å². The van der Waals surface area contributed by atoms with Gasteiger partial charge in [0.25, 0.3) is 0 Å². The zero-order chi connectivity index (χ0) is 28.2. The summed E-state index contributed by atoms with van der Waals surface area (Å²) in [6.45, 7) is 2.03. The van der Waals surface area contributed by atoms with Gasteiger partial charge in [0.2, 0.25) is 0 Å². The van der Waals surface area contributed by atoms with Crippen molar-refractivity contribution in [3.05, 3.63) is 139 Å². The van der Waals surface area contributed by atoms with Crippen molar-refractivity contribution in [3.63, 3.8) is 0 Å². The summed E-state index contributed by atoms with van der Waals surface area (Å²) >= 11 is 0. The number of fused-ring (bicyclic) bond motifs is 8. The van der Waals surface area contributed by atoms with E-state index in [1.165, 1.54) is 49.2 Å². The van der Waals surface area contributed by atoms with Gasteiger partial charge in [-0.2, -0.15) is 0 Å². The SMILES string of the molecule is Cc1ccc(-c2[c-]cccc2)nc1.Cn1c(-c2[c-]cccc2)nc2ccc3c(c4cccc5c6ccccc6n3c54)c21.[Ir]. The van der Waals surface area contributed by atoms with Gasteiger partial charge in [-0.25, -0.2) is 0 Å². The standard InChI is InChI=1S/C26H16N3.C12H10N.Ir/c1-28-25-20(27-26(28)16-8-3-2-4-9-16)14-15-22-23(25)19-12-7-11-18-17-10-5-6-13-21(17)29(22)24(18)19;1-10-7-8-12(13-9-10)11-5-3-2-4-6-11;/h2-8,10-15H,1H3;2-5,7-9H,1H3;/q2*-1;. The average Bonchev–Trinajstić information content (AvgIpc) is 3.69. The van der Waals surface area contributed by atoms with Crippen LogP contribution in [0.1, 0.15) is 5.56 Å². The predicted octanol–water partition coefficient (Wildman–Crippen LogP) is 9.05. The summed E-state index contributed by atoms with van der Waals surface area (Å²) in [5, 5.41) is 5.16. The average molecular weight is 731 g/mol. The first kappa shape index (κ1) is 27.0. The van der Waals surface area contributed by atoms with Crippen molar-refractivity contribution >= 4 is 49.1 Å². The second-order valence-corrected chi connectivity index (χ2v) is 10.6. The molecule has 0 spiro atoms. The molecule has 43 heavy (non-hydrogen) atoms. The van der Waals surface area contributed by atoms with Crippen LogP contribution in [0, 0.1) is 19.1 Å². The minimum Gasteiger partial charge on any atom is -0.366 e. The molecular formula is C38H26IrN4-2. The number of rotatable bonds is 2. The summed E-state index contributed by atoms with van der Waals surface area (Å²) < 4.78 is 4.63. The maximum atomic E-state index is 4.96. The van der Waals surface area contributed by atoms with Crippen LogP contribution in [-0.4, -0.2) is 18.9 Å². The molecule has 0 unspecified atom stereocenters. The quantitative estimate of drug-likeness (QED) is 0.167. The number of aromatic nitrogens is 4. The summed E-state index contributed by atoms with van der Waals surface area (Å²) in [5.74, 6) is 0.947. The van der Waals surface area contributed by atoms with Crippen molar-refractivity contribution in [3.8, 4) is 22.6 Å². The maximum absolute atomic E-state index is 4.96. The van der Waals surface area contributed by atoms with Crippen molar-refractivity contribution in [1.82, 2.24) is 18.9 Å². The molecule has 5 heteroatoms. The number of nitrogens with zero attached hydrogens (tertiary/aromatic N) is 4. The molecule has 0 aliphatic heterocycles. The first-order chi connectivity index (χ1) is 20.7. The molecule has 0 aliphatic carbocycles. The second kappa shape index (κ2) is 10.8. The van der Waals surface area contributed by atoms with E-state index >= 15 is 0 Å². The van der Waals surface area contributed by atoms with Crippen LogP contribution in [0.4, 0.5) is 0 Å². The van der Waals surface area contributed by atoms with Crippen LogP contribution in [0.3, 0.4) is 0 Å². The first-order valence-electron chi connectivity index (χ1n) is 14.1. The molecule has 0 saturated carbocycles. The molecule has 1 radical (unpaired) electrons. The Balaban J connectivity index is 0.000000182. The minimum absolute atomic E-state index is 0. The number of hydrogen-bond acceptors (Lipinski definition) is 2. The summed E-state index contributed by atoms with van der Waals surface area (Å²) in [5.41, 5.74) is 10.2. The number of pyridine rings is 1. The van der Waals surface area contributed by atoms with E-state index in [1.807, 2.05) is 61.7 Å². The van der Waals surface area contributed by atoms with Gasteiger partial charge in [-0.3, -0.25) is 4.98 Å². The molecule has 0 N–H and O–H groups in total. The fourth-order valence-corrected chi connectivity index (χ4v) is 6.17. The van der Waals surface area contributed by atoms with E-state index in [4.69, 9.17) is 4.98 Å². The van der Waals surface area contributed by atoms with Crippen molar-refractivity contribution < 1.29 is 20.1 Å². The Kier molecular flexibility index (Phi) is 6.77. The first-order valence-corrected chi connectivity index (χ1v) is 14.1. The number of para-hydroxylation sites is 2. The van der Waals surface area contributed by atoms with Gasteiger partial charge >= 0.3 is 0 Å². The van der Waals surface area contributed by atoms with Gasteiger partial charge in [-0.05, 0) is 36.4 Å². The van der Waals surface area contributed by atoms with Crippen molar-refractivity contribution in [2.45, 2.75) is 6.92 Å². The van der Waals surface area contributed by atoms with Gasteiger partial charge in [0.15, 0.2) is 0 Å². The fourth-order valence-electron chi connectivity index (χ4n) is 6.17. The zero-order valence-corrected chi connectivity index (χ0v) is 26.1. The summed E-state index contributed by atoms with van der Waals surface area (Å²) in [6, 6.07) is 46.1. The van der Waals surface area contributed by atoms with E-state index in [2.05, 4.69) is 99.9 Å². The Morgan fingerprint density at radius 3 is 2.09 bits per heavy atom. The Hall–Kier alpha value is -4.83. The van der Waals surface area contributed by atoms with E-state index in [0.717, 1.165) is 28.2 Å². The van der Waals surface area contributed by atoms with Crippen LogP contribution in [0.2, 0.25) is 0 Å². The molecule has 9 aromatic rings. The smallest absolute Gasteiger partial charge is 0.0778 e. The van der Waals surface area contributed by atoms with Gasteiger partial charge in [0.05, 0.1) is 33.4 Å². The van der Waals surface area contributed by atoms with Crippen molar-refractivity contribution in [2.24, 2.45) is 7.05 Å². The van der Waals surface area contributed by atoms with Gasteiger partial charge in [0, 0.05) is 54.9 Å². The van der Waals surface area contributed by atoms with Gasteiger partial charge in [0.1, 0.15) is 0 Å². The molecule has 9 rings (SSSR count). The van der Waals surface area contributed by atoms with Crippen LogP contribution in [-0.2, 0) is 27.2 Å². The molecule has 4 nitrogen and oxygen atoms in total. The maximum Gasteiger partial charge on any atom is 0.0778 e. The van der Waals surface area contributed by atoms with Gasteiger partial charge in [-0.1, -0.05) is 48.5 Å². The topological polar surface area (TPSA) is 35.1 Å². The number of aryl methyl sites for hydroxylation is 2. The predicted molar refractivity (Wildman–Crippen MR) is 173 cm³/mol. The van der Waals surface area contributed by atoms with E-state index in [-0.39, 0.29) is 20.1 Å². The number of benzene rings is 5. The van der Waals surface area contributed by atoms with Crippen LogP contribution in [0.25, 0.3) is 71.8 Å². The van der Waals surface area contributed by atoms with Gasteiger partial charge < -0.3 is 14.0 Å². The van der Waals surface area contributed by atoms with Crippen molar-refractivity contribution in [2.75, 3.05) is 0 Å². The molecule has 0 bridgehead atoms. The molecule has 0 amide bonds. The summed E-state index contributed by atoms with van der Waals surface area (Å²) in [4.78, 5) is 9.27. The zero-order valence-electron chi connectivity index (χ0n) is 23.7. The van der Waals surface area contributed by atoms with Crippen LogP contribution in [0.15, 0.2) is 121 Å². The number of imidazole rings is 1. The number of hydrogen-bond donors (Lipinski definition) is 0. The largest absolute Gasteiger partial charge is 0.366 e. The molecule has 0 aliphatic rings. The minimum atomic E-state index is 0. The molecule has 4 aromatic heterocycles. The summed E-state index contributed by atoms with van der Waals surface area (Å²) in [7, 11) is 2.11. The Labute approximate surface area is 262 Å². The molecule has 4 heterocycles. The molecule has 0 saturated heterocycles. The molecule has 5 aromatic carbocycles. The van der Waals surface area contributed by atoms with Crippen LogP contribution >= 0.6 is 0 Å². The van der Waals surface area contributed by atoms with Gasteiger partial charge in [-0.15, -0.1) is 71.8 Å². The Bertz CT molecular complexity index is 2350. The third kappa shape index (κ3) is 4.32. The van der Waals surface area contributed by atoms with E-state index in [0.29, 0.717) is 0 Å². The van der Waals surface area contributed by atoms with E-state index in [9.17, 15) is 0 Å².